The Morgan fingerprint density at radius 1 is 0.842 bits per heavy atom. The Balaban J connectivity index is 0.00000144. The molecule has 0 aliphatic carbocycles. The molecule has 2 aromatic heterocycles. The highest BCUT2D eigenvalue weighted by atomic mass is 16.1. The largest absolute Gasteiger partial charge is 0.372 e. The Morgan fingerprint density at radius 3 is 2.13 bits per heavy atom. The molecular formula is C31H40N6O. The number of ketones is 1. The summed E-state index contributed by atoms with van der Waals surface area (Å²) >= 11 is 0. The third-order valence-electron chi connectivity index (χ3n) is 7.74. The molecule has 38 heavy (non-hydrogen) atoms. The zero-order chi connectivity index (χ0) is 26.8. The number of hydrogen-bond acceptors (Lipinski definition) is 5. The van der Waals surface area contributed by atoms with Crippen molar-refractivity contribution in [3.63, 3.8) is 0 Å². The van der Waals surface area contributed by atoms with Gasteiger partial charge in [-0.1, -0.05) is 26.0 Å². The van der Waals surface area contributed by atoms with Crippen molar-refractivity contribution >= 4 is 28.2 Å². The van der Waals surface area contributed by atoms with Crippen LogP contribution in [0.5, 0.6) is 0 Å². The van der Waals surface area contributed by atoms with Gasteiger partial charge < -0.3 is 24.7 Å². The van der Waals surface area contributed by atoms with Crippen LogP contribution >= 0.6 is 0 Å². The summed E-state index contributed by atoms with van der Waals surface area (Å²) in [5.74, 6) is 0.817. The van der Waals surface area contributed by atoms with Crippen LogP contribution in [0, 0.1) is 6.92 Å². The fourth-order valence-electron chi connectivity index (χ4n) is 5.72. The first-order valence-electron chi connectivity index (χ1n) is 14.0. The van der Waals surface area contributed by atoms with Gasteiger partial charge in [0.25, 0.3) is 0 Å². The van der Waals surface area contributed by atoms with E-state index in [4.69, 9.17) is 4.98 Å². The molecule has 200 valence electrons. The minimum atomic E-state index is 0.0575. The number of aryl methyl sites for hydroxylation is 1. The smallest absolute Gasteiger partial charge is 0.162 e. The fourth-order valence-corrected chi connectivity index (χ4v) is 5.72. The number of nitrogens with one attached hydrogen (secondary N) is 2. The zero-order valence-electron chi connectivity index (χ0n) is 23.4. The second kappa shape index (κ2) is 11.0. The van der Waals surface area contributed by atoms with Gasteiger partial charge in [0.2, 0.25) is 0 Å². The molecule has 2 fully saturated rings. The van der Waals surface area contributed by atoms with Crippen LogP contribution in [0.3, 0.4) is 0 Å². The maximum Gasteiger partial charge on any atom is 0.162 e. The minimum absolute atomic E-state index is 0.0575. The number of hydrogen-bond donors (Lipinski definition) is 2. The van der Waals surface area contributed by atoms with Gasteiger partial charge in [-0.15, -0.1) is 0 Å². The van der Waals surface area contributed by atoms with Crippen molar-refractivity contribution in [2.24, 2.45) is 0 Å². The van der Waals surface area contributed by atoms with Gasteiger partial charge in [-0.25, -0.2) is 4.98 Å². The lowest BCUT2D eigenvalue weighted by atomic mass is 9.97. The number of likely N-dealkylation sites (N-methyl/N-ethyl adjacent to an activating group) is 1. The Hall–Kier alpha value is -3.58. The number of piperazine rings is 1. The summed E-state index contributed by atoms with van der Waals surface area (Å²) in [4.78, 5) is 31.9. The first-order chi connectivity index (χ1) is 18.5. The molecule has 0 saturated carbocycles. The predicted octanol–water partition coefficient (Wildman–Crippen LogP) is 6.11. The van der Waals surface area contributed by atoms with E-state index in [0.29, 0.717) is 0 Å². The Bertz CT molecular complexity index is 1400. The summed E-state index contributed by atoms with van der Waals surface area (Å²) in [7, 11) is 2.17. The van der Waals surface area contributed by atoms with E-state index < -0.39 is 0 Å². The van der Waals surface area contributed by atoms with Crippen LogP contribution in [0.2, 0.25) is 0 Å². The molecule has 0 amide bonds. The molecule has 0 radical (unpaired) electrons. The molecular weight excluding hydrogens is 472 g/mol. The number of aromatic nitrogens is 3. The van der Waals surface area contributed by atoms with Crippen molar-refractivity contribution in [2.45, 2.75) is 40.5 Å². The Kier molecular flexibility index (Phi) is 7.56. The van der Waals surface area contributed by atoms with Gasteiger partial charge in [0.1, 0.15) is 0 Å². The second-order valence-corrected chi connectivity index (χ2v) is 10.2. The summed E-state index contributed by atoms with van der Waals surface area (Å²) in [5, 5.41) is 0. The first-order valence-corrected chi connectivity index (χ1v) is 14.0. The van der Waals surface area contributed by atoms with Crippen LogP contribution in [-0.4, -0.2) is 72.0 Å². The average molecular weight is 513 g/mol. The average Bonchev–Trinajstić information content (AvgIpc) is 3.68. The molecule has 0 bridgehead atoms. The standard InChI is InChI=1S/C29H34N6O.C2H6/c1-19-26(20(2)36)27(21-6-8-22(9-7-21)34-12-4-5-13-34)28(30-19)29-31-24-11-10-23(18-25(24)32-29)35-16-14-33(3)15-17-35;1-2/h6-11,18,30H,4-5,12-17H2,1-3H3,(H,31,32);1-2H3. The van der Waals surface area contributed by atoms with E-state index in [0.717, 1.165) is 84.2 Å². The van der Waals surface area contributed by atoms with Crippen molar-refractivity contribution in [3.05, 3.63) is 53.7 Å². The monoisotopic (exact) mass is 512 g/mol. The van der Waals surface area contributed by atoms with Crippen molar-refractivity contribution in [1.82, 2.24) is 19.9 Å². The normalized spacial score (nSPS) is 16.1. The first kappa shape index (κ1) is 26.0. The Morgan fingerprint density at radius 2 is 1.47 bits per heavy atom. The van der Waals surface area contributed by atoms with E-state index in [1.165, 1.54) is 24.2 Å². The van der Waals surface area contributed by atoms with Crippen molar-refractivity contribution in [2.75, 3.05) is 56.1 Å². The maximum atomic E-state index is 12.7. The molecule has 0 spiro atoms. The summed E-state index contributed by atoms with van der Waals surface area (Å²) < 4.78 is 0. The van der Waals surface area contributed by atoms with Crippen LogP contribution in [-0.2, 0) is 0 Å². The van der Waals surface area contributed by atoms with E-state index in [1.54, 1.807) is 6.92 Å². The van der Waals surface area contributed by atoms with Gasteiger partial charge in [0.05, 0.1) is 16.7 Å². The molecule has 0 atom stereocenters. The predicted molar refractivity (Wildman–Crippen MR) is 159 cm³/mol. The van der Waals surface area contributed by atoms with Crippen LogP contribution in [0.15, 0.2) is 42.5 Å². The highest BCUT2D eigenvalue weighted by molar-refractivity contribution is 6.06. The number of H-pyrrole nitrogens is 2. The molecule has 2 N–H and O–H groups in total. The van der Waals surface area contributed by atoms with Gasteiger partial charge in [-0.2, -0.15) is 0 Å². The van der Waals surface area contributed by atoms with Gasteiger partial charge in [0, 0.05) is 67.5 Å². The highest BCUT2D eigenvalue weighted by Crippen LogP contribution is 2.38. The lowest BCUT2D eigenvalue weighted by molar-refractivity contribution is 0.101. The van der Waals surface area contributed by atoms with Crippen molar-refractivity contribution < 1.29 is 4.79 Å². The van der Waals surface area contributed by atoms with Crippen molar-refractivity contribution in [3.8, 4) is 22.6 Å². The molecule has 7 nitrogen and oxygen atoms in total. The van der Waals surface area contributed by atoms with E-state index in [-0.39, 0.29) is 5.78 Å². The quantitative estimate of drug-likeness (QED) is 0.316. The third kappa shape index (κ3) is 4.95. The number of carbonyl (C=O) groups is 1. The van der Waals surface area contributed by atoms with Crippen LogP contribution in [0.25, 0.3) is 33.7 Å². The molecule has 7 heteroatoms. The van der Waals surface area contributed by atoms with E-state index in [1.807, 2.05) is 20.8 Å². The molecule has 2 aromatic carbocycles. The number of aromatic amines is 2. The van der Waals surface area contributed by atoms with Crippen LogP contribution in [0.1, 0.15) is 49.7 Å². The van der Waals surface area contributed by atoms with Gasteiger partial charge >= 0.3 is 0 Å². The highest BCUT2D eigenvalue weighted by Gasteiger charge is 2.24. The van der Waals surface area contributed by atoms with Gasteiger partial charge in [-0.05, 0) is 69.6 Å². The number of anilines is 2. The summed E-state index contributed by atoms with van der Waals surface area (Å²) in [6, 6.07) is 15.1. The molecule has 4 heterocycles. The lowest BCUT2D eigenvalue weighted by Gasteiger charge is -2.34. The van der Waals surface area contributed by atoms with Crippen molar-refractivity contribution in [1.29, 1.82) is 0 Å². The van der Waals surface area contributed by atoms with Gasteiger partial charge in [-0.3, -0.25) is 4.79 Å². The number of imidazole rings is 1. The summed E-state index contributed by atoms with van der Waals surface area (Å²) in [6.45, 7) is 14.0. The number of fused-ring (bicyclic) bond motifs is 1. The number of rotatable bonds is 5. The zero-order valence-corrected chi connectivity index (χ0v) is 23.4. The second-order valence-electron chi connectivity index (χ2n) is 10.2. The van der Waals surface area contributed by atoms with E-state index >= 15 is 0 Å². The van der Waals surface area contributed by atoms with Gasteiger partial charge in [0.15, 0.2) is 11.6 Å². The summed E-state index contributed by atoms with van der Waals surface area (Å²) in [6.07, 6.45) is 2.50. The van der Waals surface area contributed by atoms with Crippen LogP contribution < -0.4 is 9.80 Å². The lowest BCUT2D eigenvalue weighted by Crippen LogP contribution is -2.44. The number of benzene rings is 2. The molecule has 4 aromatic rings. The number of nitrogens with zero attached hydrogens (tertiary/aromatic N) is 4. The molecule has 2 aliphatic rings. The number of Topliss-reactive ketones (excluding diaryl/α,β-unsaturated/α-hetero) is 1. The van der Waals surface area contributed by atoms with E-state index in [2.05, 4.69) is 74.2 Å². The maximum absolute atomic E-state index is 12.7. The SMILES string of the molecule is CC.CC(=O)c1c(C)[nH]c(-c2nc3ccc(N4CCN(C)CC4)cc3[nH]2)c1-c1ccc(N2CCCC2)cc1. The minimum Gasteiger partial charge on any atom is -0.372 e. The topological polar surface area (TPSA) is 71.3 Å². The third-order valence-corrected chi connectivity index (χ3v) is 7.74. The van der Waals surface area contributed by atoms with E-state index in [9.17, 15) is 4.79 Å². The van der Waals surface area contributed by atoms with Crippen LogP contribution in [0.4, 0.5) is 11.4 Å². The Labute approximate surface area is 225 Å². The molecule has 0 unspecified atom stereocenters. The summed E-state index contributed by atoms with van der Waals surface area (Å²) in [5.41, 5.74) is 8.82. The molecule has 2 aliphatic heterocycles. The molecule has 2 saturated heterocycles. The fraction of sp³-hybridized carbons (Fsp3) is 0.419. The number of carbonyl (C=O) groups excluding carboxylic acids is 1. The molecule has 6 rings (SSSR count).